The third kappa shape index (κ3) is 3.07. The Bertz CT molecular complexity index is 330. The summed E-state index contributed by atoms with van der Waals surface area (Å²) in [6.07, 6.45) is 0.0392. The fraction of sp³-hybridized carbons (Fsp3) is 0.462. The lowest BCUT2D eigenvalue weighted by Crippen LogP contribution is -2.15. The van der Waals surface area contributed by atoms with Gasteiger partial charge in [-0.15, -0.1) is 0 Å². The normalized spacial score (nSPS) is 12.2. The van der Waals surface area contributed by atoms with E-state index in [1.807, 2.05) is 38.1 Å². The van der Waals surface area contributed by atoms with Gasteiger partial charge in [-0.25, -0.2) is 0 Å². The van der Waals surface area contributed by atoms with E-state index in [0.717, 1.165) is 11.3 Å². The second kappa shape index (κ2) is 6.28. The molecule has 88 valence electrons. The van der Waals surface area contributed by atoms with Crippen LogP contribution in [0.1, 0.15) is 31.9 Å². The highest BCUT2D eigenvalue weighted by Crippen LogP contribution is 2.22. The Hall–Kier alpha value is -1.35. The molecule has 1 unspecified atom stereocenters. The number of carbonyl (C=O) groups excluding carboxylic acids is 1. The third-order valence-electron chi connectivity index (χ3n) is 2.39. The maximum Gasteiger partial charge on any atom is 0.165 e. The molecule has 0 aliphatic carbocycles. The zero-order chi connectivity index (χ0) is 12.0. The van der Waals surface area contributed by atoms with Crippen LogP contribution in [0.3, 0.4) is 0 Å². The molecular formula is C13H18O3. The van der Waals surface area contributed by atoms with Crippen LogP contribution in [0.25, 0.3) is 0 Å². The number of ether oxygens (including phenoxy) is 2. The van der Waals surface area contributed by atoms with Crippen molar-refractivity contribution in [3.8, 4) is 5.75 Å². The highest BCUT2D eigenvalue weighted by atomic mass is 16.5. The van der Waals surface area contributed by atoms with Crippen LogP contribution in [-0.2, 0) is 9.53 Å². The lowest BCUT2D eigenvalue weighted by atomic mass is 10.0. The van der Waals surface area contributed by atoms with Crippen LogP contribution in [0.15, 0.2) is 24.3 Å². The lowest BCUT2D eigenvalue weighted by Gasteiger charge is -2.15. The Morgan fingerprint density at radius 2 is 1.88 bits per heavy atom. The SMILES string of the molecule is CCOC(C(=O)CC)c1ccc(OC)cc1. The van der Waals surface area contributed by atoms with E-state index in [1.165, 1.54) is 0 Å². The van der Waals surface area contributed by atoms with Gasteiger partial charge in [0, 0.05) is 13.0 Å². The van der Waals surface area contributed by atoms with Crippen molar-refractivity contribution >= 4 is 5.78 Å². The van der Waals surface area contributed by atoms with Gasteiger partial charge in [0.25, 0.3) is 0 Å². The highest BCUT2D eigenvalue weighted by molar-refractivity contribution is 5.84. The molecule has 0 saturated carbocycles. The number of benzene rings is 1. The summed E-state index contributed by atoms with van der Waals surface area (Å²) < 4.78 is 10.5. The lowest BCUT2D eigenvalue weighted by molar-refractivity contribution is -0.130. The van der Waals surface area contributed by atoms with Crippen LogP contribution in [0.5, 0.6) is 5.75 Å². The molecule has 0 spiro atoms. The van der Waals surface area contributed by atoms with Crippen molar-refractivity contribution < 1.29 is 14.3 Å². The average Bonchev–Trinajstić information content (AvgIpc) is 2.35. The number of ketones is 1. The van der Waals surface area contributed by atoms with Gasteiger partial charge in [0.15, 0.2) is 5.78 Å². The van der Waals surface area contributed by atoms with Crippen molar-refractivity contribution in [2.45, 2.75) is 26.4 Å². The first kappa shape index (κ1) is 12.7. The zero-order valence-electron chi connectivity index (χ0n) is 10.0. The van der Waals surface area contributed by atoms with E-state index in [-0.39, 0.29) is 5.78 Å². The minimum atomic E-state index is -0.444. The molecule has 0 bridgehead atoms. The Kier molecular flexibility index (Phi) is 4.99. The van der Waals surface area contributed by atoms with Gasteiger partial charge >= 0.3 is 0 Å². The summed E-state index contributed by atoms with van der Waals surface area (Å²) in [5.41, 5.74) is 0.884. The quantitative estimate of drug-likeness (QED) is 0.742. The van der Waals surface area contributed by atoms with E-state index >= 15 is 0 Å². The summed E-state index contributed by atoms with van der Waals surface area (Å²) in [5.74, 6) is 0.884. The van der Waals surface area contributed by atoms with Gasteiger partial charge in [0.2, 0.25) is 0 Å². The molecule has 1 aromatic carbocycles. The van der Waals surface area contributed by atoms with E-state index in [0.29, 0.717) is 13.0 Å². The van der Waals surface area contributed by atoms with Crippen molar-refractivity contribution in [3.05, 3.63) is 29.8 Å². The van der Waals surface area contributed by atoms with Crippen LogP contribution in [0, 0.1) is 0 Å². The molecule has 3 heteroatoms. The van der Waals surface area contributed by atoms with E-state index in [2.05, 4.69) is 0 Å². The monoisotopic (exact) mass is 222 g/mol. The Morgan fingerprint density at radius 1 is 1.25 bits per heavy atom. The van der Waals surface area contributed by atoms with Gasteiger partial charge in [0.05, 0.1) is 7.11 Å². The van der Waals surface area contributed by atoms with E-state index in [1.54, 1.807) is 7.11 Å². The van der Waals surface area contributed by atoms with Crippen molar-refractivity contribution in [2.24, 2.45) is 0 Å². The standard InChI is InChI=1S/C13H18O3/c1-4-12(14)13(16-5-2)10-6-8-11(15-3)9-7-10/h6-9,13H,4-5H2,1-3H3. The molecule has 0 amide bonds. The van der Waals surface area contributed by atoms with Gasteiger partial charge in [-0.1, -0.05) is 19.1 Å². The molecule has 0 saturated heterocycles. The molecule has 16 heavy (non-hydrogen) atoms. The number of rotatable bonds is 6. The largest absolute Gasteiger partial charge is 0.497 e. The first-order valence-electron chi connectivity index (χ1n) is 5.51. The summed E-state index contributed by atoms with van der Waals surface area (Å²) >= 11 is 0. The molecule has 0 radical (unpaired) electrons. The molecule has 3 nitrogen and oxygen atoms in total. The number of hydrogen-bond acceptors (Lipinski definition) is 3. The van der Waals surface area contributed by atoms with Crippen LogP contribution in [0.2, 0.25) is 0 Å². The predicted molar refractivity (Wildman–Crippen MR) is 62.7 cm³/mol. The molecule has 0 fully saturated rings. The van der Waals surface area contributed by atoms with Gasteiger partial charge in [-0.2, -0.15) is 0 Å². The minimum Gasteiger partial charge on any atom is -0.497 e. The third-order valence-corrected chi connectivity index (χ3v) is 2.39. The number of hydrogen-bond donors (Lipinski definition) is 0. The summed E-state index contributed by atoms with van der Waals surface area (Å²) in [5, 5.41) is 0. The minimum absolute atomic E-state index is 0.104. The van der Waals surface area contributed by atoms with Crippen molar-refractivity contribution in [2.75, 3.05) is 13.7 Å². The Balaban J connectivity index is 2.87. The molecule has 1 atom stereocenters. The van der Waals surface area contributed by atoms with E-state index in [9.17, 15) is 4.79 Å². The van der Waals surface area contributed by atoms with Gasteiger partial charge < -0.3 is 9.47 Å². The van der Waals surface area contributed by atoms with Crippen LogP contribution in [-0.4, -0.2) is 19.5 Å². The van der Waals surface area contributed by atoms with Gasteiger partial charge in [-0.05, 0) is 24.6 Å². The molecule has 1 rings (SSSR count). The fourth-order valence-corrected chi connectivity index (χ4v) is 1.51. The summed E-state index contributed by atoms with van der Waals surface area (Å²) in [6.45, 7) is 4.26. The summed E-state index contributed by atoms with van der Waals surface area (Å²) in [7, 11) is 1.62. The second-order valence-electron chi connectivity index (χ2n) is 3.43. The van der Waals surface area contributed by atoms with Crippen LogP contribution >= 0.6 is 0 Å². The molecule has 0 aliphatic heterocycles. The van der Waals surface area contributed by atoms with Crippen molar-refractivity contribution in [1.29, 1.82) is 0 Å². The van der Waals surface area contributed by atoms with Gasteiger partial charge in [-0.3, -0.25) is 4.79 Å². The Morgan fingerprint density at radius 3 is 2.31 bits per heavy atom. The van der Waals surface area contributed by atoms with Gasteiger partial charge in [0.1, 0.15) is 11.9 Å². The zero-order valence-corrected chi connectivity index (χ0v) is 10.0. The fourth-order valence-electron chi connectivity index (χ4n) is 1.51. The molecule has 0 N–H and O–H groups in total. The highest BCUT2D eigenvalue weighted by Gasteiger charge is 2.18. The number of Topliss-reactive ketones (excluding diaryl/α,β-unsaturated/α-hetero) is 1. The number of methoxy groups -OCH3 is 1. The predicted octanol–water partition coefficient (Wildman–Crippen LogP) is 2.75. The number of carbonyl (C=O) groups is 1. The smallest absolute Gasteiger partial charge is 0.165 e. The Labute approximate surface area is 96.4 Å². The molecular weight excluding hydrogens is 204 g/mol. The van der Waals surface area contributed by atoms with Crippen LogP contribution < -0.4 is 4.74 Å². The van der Waals surface area contributed by atoms with E-state index in [4.69, 9.17) is 9.47 Å². The average molecular weight is 222 g/mol. The topological polar surface area (TPSA) is 35.5 Å². The summed E-state index contributed by atoms with van der Waals surface area (Å²) in [6, 6.07) is 7.41. The maximum absolute atomic E-state index is 11.7. The van der Waals surface area contributed by atoms with Crippen molar-refractivity contribution in [1.82, 2.24) is 0 Å². The first-order chi connectivity index (χ1) is 7.72. The molecule has 1 aromatic rings. The van der Waals surface area contributed by atoms with E-state index < -0.39 is 6.10 Å². The van der Waals surface area contributed by atoms with Crippen LogP contribution in [0.4, 0.5) is 0 Å². The van der Waals surface area contributed by atoms with Crippen molar-refractivity contribution in [3.63, 3.8) is 0 Å². The second-order valence-corrected chi connectivity index (χ2v) is 3.43. The molecule has 0 heterocycles. The first-order valence-corrected chi connectivity index (χ1v) is 5.51. The molecule has 0 aromatic heterocycles. The maximum atomic E-state index is 11.7. The summed E-state index contributed by atoms with van der Waals surface area (Å²) in [4.78, 5) is 11.7. The molecule has 0 aliphatic rings.